The average molecular weight is 287 g/mol. The van der Waals surface area contributed by atoms with Gasteiger partial charge >= 0.3 is 6.36 Å². The van der Waals surface area contributed by atoms with E-state index in [1.807, 2.05) is 6.92 Å². The van der Waals surface area contributed by atoms with Crippen LogP contribution in [0.2, 0.25) is 0 Å². The maximum absolute atomic E-state index is 12.4. The van der Waals surface area contributed by atoms with Crippen LogP contribution in [-0.4, -0.2) is 24.7 Å². The second-order valence-electron chi connectivity index (χ2n) is 4.95. The van der Waals surface area contributed by atoms with Crippen LogP contribution in [0.1, 0.15) is 20.3 Å². The zero-order chi connectivity index (χ0) is 14.9. The first kappa shape index (κ1) is 14.7. The largest absolute Gasteiger partial charge is 0.573 e. The van der Waals surface area contributed by atoms with Crippen molar-refractivity contribution in [3.8, 4) is 5.75 Å². The van der Waals surface area contributed by atoms with Gasteiger partial charge in [-0.15, -0.1) is 13.2 Å². The number of nitrogens with zero attached hydrogens (tertiary/aromatic N) is 1. The molecule has 0 aliphatic carbocycles. The Balaban J connectivity index is 2.31. The van der Waals surface area contributed by atoms with Crippen molar-refractivity contribution in [3.63, 3.8) is 0 Å². The fourth-order valence-electron chi connectivity index (χ4n) is 2.45. The summed E-state index contributed by atoms with van der Waals surface area (Å²) in [6, 6.07) is 5.87. The maximum atomic E-state index is 12.4. The fraction of sp³-hybridized carbons (Fsp3) is 0.500. The highest BCUT2D eigenvalue weighted by molar-refractivity contribution is 5.84. The van der Waals surface area contributed by atoms with Gasteiger partial charge in [-0.25, -0.2) is 0 Å². The number of hydrogen-bond donors (Lipinski definition) is 0. The number of ether oxygens (including phenoxy) is 1. The molecule has 2 unspecified atom stereocenters. The molecular formula is C14H16F3NO2. The lowest BCUT2D eigenvalue weighted by molar-refractivity contribution is -0.274. The Morgan fingerprint density at radius 2 is 1.90 bits per heavy atom. The first-order chi connectivity index (χ1) is 9.29. The number of ketones is 1. The van der Waals surface area contributed by atoms with Crippen LogP contribution >= 0.6 is 0 Å². The second-order valence-corrected chi connectivity index (χ2v) is 4.95. The number of piperidine rings is 1. The highest BCUT2D eigenvalue weighted by Crippen LogP contribution is 2.36. The highest BCUT2D eigenvalue weighted by Gasteiger charge is 2.35. The van der Waals surface area contributed by atoms with E-state index in [2.05, 4.69) is 4.74 Å². The molecule has 0 N–H and O–H groups in total. The molecule has 0 aromatic heterocycles. The summed E-state index contributed by atoms with van der Waals surface area (Å²) >= 11 is 0. The predicted octanol–water partition coefficient (Wildman–Crippen LogP) is 3.39. The lowest BCUT2D eigenvalue weighted by Gasteiger charge is -2.39. The van der Waals surface area contributed by atoms with Gasteiger partial charge in [0, 0.05) is 24.9 Å². The van der Waals surface area contributed by atoms with Crippen LogP contribution in [0.3, 0.4) is 0 Å². The van der Waals surface area contributed by atoms with Gasteiger partial charge in [-0.3, -0.25) is 4.79 Å². The third kappa shape index (κ3) is 3.05. The summed E-state index contributed by atoms with van der Waals surface area (Å²) in [5.74, 6) is -0.293. The van der Waals surface area contributed by atoms with Crippen molar-refractivity contribution in [2.24, 2.45) is 5.92 Å². The van der Waals surface area contributed by atoms with Crippen molar-refractivity contribution >= 4 is 11.5 Å². The minimum absolute atomic E-state index is 0.142. The summed E-state index contributed by atoms with van der Waals surface area (Å²) in [6.45, 7) is 4.04. The first-order valence-electron chi connectivity index (χ1n) is 6.43. The topological polar surface area (TPSA) is 29.5 Å². The smallest absolute Gasteiger partial charge is 0.404 e. The zero-order valence-corrected chi connectivity index (χ0v) is 11.3. The van der Waals surface area contributed by atoms with Gasteiger partial charge in [-0.05, 0) is 19.1 Å². The number of carbonyl (C=O) groups is 1. The molecule has 1 aromatic carbocycles. The summed E-state index contributed by atoms with van der Waals surface area (Å²) < 4.78 is 41.4. The van der Waals surface area contributed by atoms with Crippen LogP contribution in [0, 0.1) is 5.92 Å². The normalized spacial score (nSPS) is 23.9. The lowest BCUT2D eigenvalue weighted by Crippen LogP contribution is -2.47. The molecule has 0 spiro atoms. The van der Waals surface area contributed by atoms with Crippen molar-refractivity contribution in [3.05, 3.63) is 24.3 Å². The van der Waals surface area contributed by atoms with Crippen LogP contribution in [0.15, 0.2) is 24.3 Å². The monoisotopic (exact) mass is 287 g/mol. The molecule has 1 aliphatic heterocycles. The molecule has 6 heteroatoms. The average Bonchev–Trinajstić information content (AvgIpc) is 2.36. The lowest BCUT2D eigenvalue weighted by atomic mass is 9.90. The van der Waals surface area contributed by atoms with E-state index in [-0.39, 0.29) is 23.5 Å². The van der Waals surface area contributed by atoms with E-state index in [1.165, 1.54) is 12.1 Å². The second kappa shape index (κ2) is 5.34. The molecule has 3 nitrogen and oxygen atoms in total. The molecule has 1 aliphatic rings. The molecule has 20 heavy (non-hydrogen) atoms. The van der Waals surface area contributed by atoms with Crippen molar-refractivity contribution in [2.75, 3.05) is 11.4 Å². The van der Waals surface area contributed by atoms with Gasteiger partial charge in [-0.2, -0.15) is 0 Å². The number of benzene rings is 1. The van der Waals surface area contributed by atoms with E-state index >= 15 is 0 Å². The van der Waals surface area contributed by atoms with Gasteiger partial charge in [0.05, 0.1) is 5.69 Å². The Morgan fingerprint density at radius 3 is 2.55 bits per heavy atom. The van der Waals surface area contributed by atoms with E-state index in [0.29, 0.717) is 18.7 Å². The Morgan fingerprint density at radius 1 is 1.25 bits per heavy atom. The van der Waals surface area contributed by atoms with Gasteiger partial charge in [0.1, 0.15) is 5.78 Å². The molecule has 110 valence electrons. The third-order valence-corrected chi connectivity index (χ3v) is 3.72. The Kier molecular flexibility index (Phi) is 3.92. The van der Waals surface area contributed by atoms with Gasteiger partial charge in [0.25, 0.3) is 0 Å². The predicted molar refractivity (Wildman–Crippen MR) is 68.7 cm³/mol. The van der Waals surface area contributed by atoms with Gasteiger partial charge in [0.15, 0.2) is 5.75 Å². The number of anilines is 1. The first-order valence-corrected chi connectivity index (χ1v) is 6.43. The summed E-state index contributed by atoms with van der Waals surface area (Å²) in [6.07, 6.45) is -4.39. The molecule has 0 saturated carbocycles. The Labute approximate surface area is 115 Å². The summed E-state index contributed by atoms with van der Waals surface area (Å²) in [5.41, 5.74) is 0.372. The van der Waals surface area contributed by atoms with Crippen molar-refractivity contribution in [1.82, 2.24) is 0 Å². The van der Waals surface area contributed by atoms with E-state index < -0.39 is 6.36 Å². The minimum Gasteiger partial charge on any atom is -0.404 e. The minimum atomic E-state index is -4.73. The fourth-order valence-corrected chi connectivity index (χ4v) is 2.45. The number of rotatable bonds is 2. The van der Waals surface area contributed by atoms with E-state index in [1.54, 1.807) is 24.0 Å². The number of alkyl halides is 3. The standard InChI is InChI=1S/C14H16F3NO2/c1-9-10(2)18(8-7-12(9)19)11-5-3-4-6-13(11)20-14(15,16)17/h3-6,9-10H,7-8H2,1-2H3. The quantitative estimate of drug-likeness (QED) is 0.835. The maximum Gasteiger partial charge on any atom is 0.573 e. The molecule has 0 bridgehead atoms. The Bertz CT molecular complexity index is 501. The SMILES string of the molecule is CC1C(=O)CCN(c2ccccc2OC(F)(F)F)C1C. The van der Waals surface area contributed by atoms with Crippen molar-refractivity contribution in [2.45, 2.75) is 32.7 Å². The van der Waals surface area contributed by atoms with E-state index in [9.17, 15) is 18.0 Å². The van der Waals surface area contributed by atoms with E-state index in [0.717, 1.165) is 0 Å². The molecule has 0 radical (unpaired) electrons. The molecule has 2 rings (SSSR count). The van der Waals surface area contributed by atoms with Crippen LogP contribution in [-0.2, 0) is 4.79 Å². The van der Waals surface area contributed by atoms with Crippen LogP contribution in [0.5, 0.6) is 5.75 Å². The summed E-state index contributed by atoms with van der Waals surface area (Å²) in [5, 5.41) is 0. The van der Waals surface area contributed by atoms with Crippen LogP contribution < -0.4 is 9.64 Å². The van der Waals surface area contributed by atoms with Gasteiger partial charge in [0.2, 0.25) is 0 Å². The zero-order valence-electron chi connectivity index (χ0n) is 11.3. The van der Waals surface area contributed by atoms with Crippen LogP contribution in [0.4, 0.5) is 18.9 Å². The number of para-hydroxylation sites is 2. The molecule has 0 amide bonds. The van der Waals surface area contributed by atoms with Gasteiger partial charge < -0.3 is 9.64 Å². The number of hydrogen-bond acceptors (Lipinski definition) is 3. The van der Waals surface area contributed by atoms with E-state index in [4.69, 9.17) is 0 Å². The molecule has 1 saturated heterocycles. The van der Waals surface area contributed by atoms with Crippen molar-refractivity contribution < 1.29 is 22.7 Å². The number of carbonyl (C=O) groups excluding carboxylic acids is 1. The molecule has 1 fully saturated rings. The highest BCUT2D eigenvalue weighted by atomic mass is 19.4. The molecule has 1 aromatic rings. The summed E-state index contributed by atoms with van der Waals surface area (Å²) in [4.78, 5) is 13.5. The third-order valence-electron chi connectivity index (χ3n) is 3.72. The number of halogens is 3. The Hall–Kier alpha value is -1.72. The van der Waals surface area contributed by atoms with Crippen molar-refractivity contribution in [1.29, 1.82) is 0 Å². The molecular weight excluding hydrogens is 271 g/mol. The number of Topliss-reactive ketones (excluding diaryl/α,β-unsaturated/α-hetero) is 1. The molecule has 1 heterocycles. The molecule has 2 atom stereocenters. The van der Waals surface area contributed by atoms with Gasteiger partial charge in [-0.1, -0.05) is 19.1 Å². The van der Waals surface area contributed by atoms with Crippen LogP contribution in [0.25, 0.3) is 0 Å². The summed E-state index contributed by atoms with van der Waals surface area (Å²) in [7, 11) is 0.